The molecule has 4 bridgehead atoms. The maximum absolute atomic E-state index is 3.88. The third-order valence-corrected chi connectivity index (χ3v) is 9.47. The zero-order valence-corrected chi connectivity index (χ0v) is 16.7. The maximum atomic E-state index is 3.88. The summed E-state index contributed by atoms with van der Waals surface area (Å²) in [6.07, 6.45) is 7.36. The van der Waals surface area contributed by atoms with Crippen molar-refractivity contribution >= 4 is 0 Å². The molecule has 138 valence electrons. The van der Waals surface area contributed by atoms with Crippen LogP contribution < -0.4 is 10.6 Å². The average molecular weight is 333 g/mol. The van der Waals surface area contributed by atoms with Crippen LogP contribution in [0.5, 0.6) is 0 Å². The Labute approximate surface area is 149 Å². The van der Waals surface area contributed by atoms with Gasteiger partial charge in [0.15, 0.2) is 0 Å². The predicted octanol–water partition coefficient (Wildman–Crippen LogP) is 4.31. The van der Waals surface area contributed by atoms with Crippen molar-refractivity contribution in [2.75, 3.05) is 19.6 Å². The van der Waals surface area contributed by atoms with Gasteiger partial charge in [-0.1, -0.05) is 34.6 Å². The van der Waals surface area contributed by atoms with Gasteiger partial charge in [0.1, 0.15) is 0 Å². The lowest BCUT2D eigenvalue weighted by Gasteiger charge is -2.62. The largest absolute Gasteiger partial charge is 0.315 e. The fourth-order valence-corrected chi connectivity index (χ4v) is 7.26. The van der Waals surface area contributed by atoms with Crippen LogP contribution in [-0.4, -0.2) is 25.7 Å². The summed E-state index contributed by atoms with van der Waals surface area (Å²) >= 11 is 0. The summed E-state index contributed by atoms with van der Waals surface area (Å²) in [7, 11) is 0. The molecule has 0 spiro atoms. The second kappa shape index (κ2) is 5.98. The van der Waals surface area contributed by atoms with E-state index in [1.807, 2.05) is 0 Å². The molecule has 24 heavy (non-hydrogen) atoms. The van der Waals surface area contributed by atoms with E-state index in [1.165, 1.54) is 38.6 Å². The van der Waals surface area contributed by atoms with Crippen molar-refractivity contribution in [2.24, 2.45) is 46.3 Å². The maximum Gasteiger partial charge on any atom is 0.00989 e. The fourth-order valence-electron chi connectivity index (χ4n) is 7.26. The van der Waals surface area contributed by atoms with E-state index in [1.54, 1.807) is 0 Å². The average Bonchev–Trinajstić information content (AvgIpc) is 2.55. The first-order valence-electron chi connectivity index (χ1n) is 10.8. The second-order valence-corrected chi connectivity index (χ2v) is 10.9. The highest BCUT2D eigenvalue weighted by molar-refractivity contribution is 5.07. The molecule has 0 radical (unpaired) electrons. The van der Waals surface area contributed by atoms with E-state index in [0.717, 1.165) is 54.6 Å². The van der Waals surface area contributed by atoms with Crippen molar-refractivity contribution in [2.45, 2.75) is 72.8 Å². The van der Waals surface area contributed by atoms with Crippen LogP contribution in [0.3, 0.4) is 0 Å². The molecule has 0 aromatic rings. The summed E-state index contributed by atoms with van der Waals surface area (Å²) in [5.74, 6) is 5.74. The van der Waals surface area contributed by atoms with Crippen LogP contribution in [0.2, 0.25) is 0 Å². The van der Waals surface area contributed by atoms with Gasteiger partial charge in [0.2, 0.25) is 0 Å². The monoisotopic (exact) mass is 332 g/mol. The van der Waals surface area contributed by atoms with Crippen LogP contribution in [0.25, 0.3) is 0 Å². The molecule has 0 heterocycles. The molecule has 0 amide bonds. The Balaban J connectivity index is 1.15. The molecule has 7 atom stereocenters. The van der Waals surface area contributed by atoms with Crippen LogP contribution in [0.1, 0.15) is 66.7 Å². The van der Waals surface area contributed by atoms with Crippen molar-refractivity contribution in [3.05, 3.63) is 0 Å². The Bertz CT molecular complexity index is 467. The molecule has 6 rings (SSSR count). The van der Waals surface area contributed by atoms with E-state index < -0.39 is 0 Å². The Kier molecular flexibility index (Phi) is 4.32. The molecular weight excluding hydrogens is 292 g/mol. The molecule has 2 N–H and O–H groups in total. The van der Waals surface area contributed by atoms with Crippen molar-refractivity contribution in [1.29, 1.82) is 0 Å². The number of nitrogens with one attached hydrogen (secondary N) is 2. The smallest absolute Gasteiger partial charge is 0.00989 e. The Morgan fingerprint density at radius 3 is 2.17 bits per heavy atom. The Morgan fingerprint density at radius 1 is 0.833 bits per heavy atom. The van der Waals surface area contributed by atoms with Crippen molar-refractivity contribution in [1.82, 2.24) is 10.6 Å². The molecular formula is C22H40N2. The first-order valence-corrected chi connectivity index (χ1v) is 10.8. The first kappa shape index (κ1) is 17.3. The number of rotatable bonds is 6. The van der Waals surface area contributed by atoms with E-state index in [-0.39, 0.29) is 0 Å². The normalized spacial score (nSPS) is 47.6. The van der Waals surface area contributed by atoms with Gasteiger partial charge in [-0.2, -0.15) is 0 Å². The van der Waals surface area contributed by atoms with Gasteiger partial charge in [0.05, 0.1) is 0 Å². The van der Waals surface area contributed by atoms with Crippen molar-refractivity contribution in [3.63, 3.8) is 0 Å². The van der Waals surface area contributed by atoms with Crippen molar-refractivity contribution < 1.29 is 0 Å². The standard InChI is InChI=1S/C22H40N2/c1-14-18-11-17(22(18,4)5)12-20(14)24-9-8-23-13-15-6-7-16-10-19(15)21(16,2)3/h14-20,23-24H,6-13H2,1-5H3/t14-,15?,16?,17+,18-,19?,20-/m0/s1. The highest BCUT2D eigenvalue weighted by Crippen LogP contribution is 2.62. The molecule has 3 unspecified atom stereocenters. The minimum Gasteiger partial charge on any atom is -0.315 e. The zero-order chi connectivity index (χ0) is 17.1. The number of fused-ring (bicyclic) bond motifs is 4. The number of hydrogen-bond acceptors (Lipinski definition) is 2. The molecule has 0 aromatic carbocycles. The van der Waals surface area contributed by atoms with Crippen LogP contribution in [0.15, 0.2) is 0 Å². The zero-order valence-electron chi connectivity index (χ0n) is 16.7. The molecule has 0 aliphatic heterocycles. The third kappa shape index (κ3) is 2.58. The highest BCUT2D eigenvalue weighted by Gasteiger charge is 2.56. The lowest BCUT2D eigenvalue weighted by molar-refractivity contribution is -0.115. The Morgan fingerprint density at radius 2 is 1.54 bits per heavy atom. The molecule has 6 saturated carbocycles. The SMILES string of the molecule is C[C@@H]1[C@@H](NCCNCC2CCC3CC2C3(C)C)C[C@H]2C[C@@H]1C2(C)C. The van der Waals surface area contributed by atoms with Gasteiger partial charge in [0.25, 0.3) is 0 Å². The second-order valence-electron chi connectivity index (χ2n) is 10.9. The lowest BCUT2D eigenvalue weighted by atomic mass is 9.45. The van der Waals surface area contributed by atoms with E-state index in [9.17, 15) is 0 Å². The molecule has 6 aliphatic rings. The summed E-state index contributed by atoms with van der Waals surface area (Å²) < 4.78 is 0. The van der Waals surface area contributed by atoms with Gasteiger partial charge in [0, 0.05) is 19.1 Å². The third-order valence-electron chi connectivity index (χ3n) is 9.47. The van der Waals surface area contributed by atoms with Gasteiger partial charge in [-0.25, -0.2) is 0 Å². The van der Waals surface area contributed by atoms with Gasteiger partial charge in [-0.05, 0) is 85.0 Å². The summed E-state index contributed by atoms with van der Waals surface area (Å²) in [5, 5.41) is 7.66. The van der Waals surface area contributed by atoms with Gasteiger partial charge >= 0.3 is 0 Å². The van der Waals surface area contributed by atoms with E-state index in [0.29, 0.717) is 10.8 Å². The van der Waals surface area contributed by atoms with Crippen LogP contribution in [0.4, 0.5) is 0 Å². The van der Waals surface area contributed by atoms with E-state index >= 15 is 0 Å². The topological polar surface area (TPSA) is 24.1 Å². The predicted molar refractivity (Wildman–Crippen MR) is 102 cm³/mol. The van der Waals surface area contributed by atoms with Crippen molar-refractivity contribution in [3.8, 4) is 0 Å². The van der Waals surface area contributed by atoms with Crippen LogP contribution in [0, 0.1) is 46.3 Å². The van der Waals surface area contributed by atoms with E-state index in [4.69, 9.17) is 0 Å². The lowest BCUT2D eigenvalue weighted by Crippen LogP contribution is -2.60. The fraction of sp³-hybridized carbons (Fsp3) is 1.00. The summed E-state index contributed by atoms with van der Waals surface area (Å²) in [6.45, 7) is 16.1. The van der Waals surface area contributed by atoms with Gasteiger partial charge < -0.3 is 10.6 Å². The quantitative estimate of drug-likeness (QED) is 0.708. The summed E-state index contributed by atoms with van der Waals surface area (Å²) in [6, 6.07) is 0.768. The van der Waals surface area contributed by atoms with Gasteiger partial charge in [-0.3, -0.25) is 0 Å². The van der Waals surface area contributed by atoms with E-state index in [2.05, 4.69) is 45.3 Å². The first-order chi connectivity index (χ1) is 11.3. The van der Waals surface area contributed by atoms with Crippen LogP contribution >= 0.6 is 0 Å². The molecule has 6 aliphatic carbocycles. The number of hydrogen-bond donors (Lipinski definition) is 2. The summed E-state index contributed by atoms with van der Waals surface area (Å²) in [4.78, 5) is 0. The highest BCUT2D eigenvalue weighted by atomic mass is 15.0. The molecule has 0 saturated heterocycles. The molecule has 2 nitrogen and oxygen atoms in total. The minimum absolute atomic E-state index is 0.615. The molecule has 0 aromatic heterocycles. The Hall–Kier alpha value is -0.0800. The summed E-state index contributed by atoms with van der Waals surface area (Å²) in [5.41, 5.74) is 1.25. The van der Waals surface area contributed by atoms with Gasteiger partial charge in [-0.15, -0.1) is 0 Å². The minimum atomic E-state index is 0.615. The molecule has 2 heteroatoms. The van der Waals surface area contributed by atoms with Crippen LogP contribution in [-0.2, 0) is 0 Å². The molecule has 6 fully saturated rings.